The Bertz CT molecular complexity index is 291. The fourth-order valence-electron chi connectivity index (χ4n) is 1.17. The third-order valence-electron chi connectivity index (χ3n) is 1.83. The van der Waals surface area contributed by atoms with Crippen molar-refractivity contribution in [2.45, 2.75) is 0 Å². The summed E-state index contributed by atoms with van der Waals surface area (Å²) in [5.41, 5.74) is 1.34. The molecule has 0 saturated heterocycles. The van der Waals surface area contributed by atoms with E-state index in [0.717, 1.165) is 5.57 Å². The second-order valence-corrected chi connectivity index (χ2v) is 3.12. The molecular weight excluding hydrogens is 174 g/mol. The van der Waals surface area contributed by atoms with Gasteiger partial charge >= 0.3 is 0 Å². The summed E-state index contributed by atoms with van der Waals surface area (Å²) in [6.07, 6.45) is 1.52. The van der Waals surface area contributed by atoms with E-state index < -0.39 is 0 Å². The van der Waals surface area contributed by atoms with E-state index in [1.807, 2.05) is 0 Å². The van der Waals surface area contributed by atoms with E-state index in [0.29, 0.717) is 17.2 Å². The Labute approximate surface area is 76.8 Å². The van der Waals surface area contributed by atoms with Gasteiger partial charge in [-0.25, -0.2) is 0 Å². The second kappa shape index (κ2) is 3.15. The maximum Gasteiger partial charge on any atom is 0.254 e. The van der Waals surface area contributed by atoms with E-state index in [1.165, 1.54) is 6.08 Å². The smallest absolute Gasteiger partial charge is 0.254 e. The average molecular weight is 184 g/mol. The molecule has 0 atom stereocenters. The normalized spacial score (nSPS) is 17.2. The molecule has 64 valence electrons. The van der Waals surface area contributed by atoms with Gasteiger partial charge in [-0.05, 0) is 0 Å². The minimum absolute atomic E-state index is 0.0400. The number of hydrogen-bond acceptors (Lipinski definition) is 1. The lowest BCUT2D eigenvalue weighted by Crippen LogP contribution is -2.21. The summed E-state index contributed by atoms with van der Waals surface area (Å²) in [6.45, 7) is 7.67. The Kier molecular flexibility index (Phi) is 2.38. The van der Waals surface area contributed by atoms with Crippen LogP contribution in [-0.2, 0) is 4.79 Å². The summed E-state index contributed by atoms with van der Waals surface area (Å²) in [5.74, 6) is -0.0400. The van der Waals surface area contributed by atoms with Crippen molar-refractivity contribution in [2.75, 3.05) is 13.6 Å². The van der Waals surface area contributed by atoms with Crippen LogP contribution in [0, 0.1) is 0 Å². The zero-order chi connectivity index (χ0) is 9.30. The molecule has 0 aromatic heterocycles. The summed E-state index contributed by atoms with van der Waals surface area (Å²) in [5, 5.41) is 0.419. The molecule has 0 saturated carbocycles. The lowest BCUT2D eigenvalue weighted by atomic mass is 10.1. The maximum atomic E-state index is 11.3. The minimum atomic E-state index is -0.0400. The average Bonchev–Trinajstić information content (AvgIpc) is 2.29. The fraction of sp³-hybridized carbons (Fsp3) is 0.222. The van der Waals surface area contributed by atoms with Crippen LogP contribution in [0.15, 0.2) is 35.4 Å². The Morgan fingerprint density at radius 1 is 1.75 bits per heavy atom. The van der Waals surface area contributed by atoms with Crippen molar-refractivity contribution in [3.63, 3.8) is 0 Å². The van der Waals surface area contributed by atoms with Crippen LogP contribution in [0.3, 0.4) is 0 Å². The zero-order valence-corrected chi connectivity index (χ0v) is 7.69. The first-order valence-corrected chi connectivity index (χ1v) is 3.91. The maximum absolute atomic E-state index is 11.3. The van der Waals surface area contributed by atoms with Gasteiger partial charge in [-0.15, -0.1) is 0 Å². The largest absolute Gasteiger partial charge is 0.337 e. The number of carbonyl (C=O) groups excluding carboxylic acids is 1. The van der Waals surface area contributed by atoms with Gasteiger partial charge in [0.05, 0.1) is 0 Å². The molecule has 1 heterocycles. The Balaban J connectivity index is 3.10. The molecule has 0 radical (unpaired) electrons. The number of halogens is 1. The van der Waals surface area contributed by atoms with Crippen LogP contribution < -0.4 is 0 Å². The standard InChI is InChI=1S/C9H10ClNO/c1-4-7-8(6(2)10)5-11(3)9(7)12/h4H,1-2,5H2,3H3. The van der Waals surface area contributed by atoms with Crippen molar-refractivity contribution in [3.8, 4) is 0 Å². The number of hydrogen-bond donors (Lipinski definition) is 0. The van der Waals surface area contributed by atoms with Crippen molar-refractivity contribution in [1.29, 1.82) is 0 Å². The van der Waals surface area contributed by atoms with Crippen LogP contribution in [0.25, 0.3) is 0 Å². The van der Waals surface area contributed by atoms with E-state index in [2.05, 4.69) is 13.2 Å². The molecule has 1 amide bonds. The monoisotopic (exact) mass is 183 g/mol. The Morgan fingerprint density at radius 2 is 2.33 bits per heavy atom. The molecule has 0 bridgehead atoms. The molecule has 0 unspecified atom stereocenters. The van der Waals surface area contributed by atoms with Gasteiger partial charge in [0.2, 0.25) is 0 Å². The van der Waals surface area contributed by atoms with E-state index >= 15 is 0 Å². The highest BCUT2D eigenvalue weighted by molar-refractivity contribution is 6.32. The number of rotatable bonds is 2. The predicted octanol–water partition coefficient (Wildman–Crippen LogP) is 1.69. The van der Waals surface area contributed by atoms with Gasteiger partial charge in [0.1, 0.15) is 0 Å². The topological polar surface area (TPSA) is 20.3 Å². The zero-order valence-electron chi connectivity index (χ0n) is 6.93. The molecule has 1 aliphatic heterocycles. The lowest BCUT2D eigenvalue weighted by molar-refractivity contribution is -0.124. The molecule has 12 heavy (non-hydrogen) atoms. The molecule has 0 spiro atoms. The van der Waals surface area contributed by atoms with Crippen molar-refractivity contribution in [3.05, 3.63) is 35.4 Å². The van der Waals surface area contributed by atoms with E-state index in [4.69, 9.17) is 11.6 Å². The number of nitrogens with zero attached hydrogens (tertiary/aromatic N) is 1. The highest BCUT2D eigenvalue weighted by atomic mass is 35.5. The Hall–Kier alpha value is -1.02. The van der Waals surface area contributed by atoms with Gasteiger partial charge in [0.15, 0.2) is 0 Å². The lowest BCUT2D eigenvalue weighted by Gasteiger charge is -2.06. The van der Waals surface area contributed by atoms with Gasteiger partial charge in [-0.1, -0.05) is 30.8 Å². The van der Waals surface area contributed by atoms with Gasteiger partial charge < -0.3 is 4.90 Å². The number of amides is 1. The highest BCUT2D eigenvalue weighted by Crippen LogP contribution is 2.25. The highest BCUT2D eigenvalue weighted by Gasteiger charge is 2.25. The molecule has 0 aromatic carbocycles. The molecular formula is C9H10ClNO. The van der Waals surface area contributed by atoms with Gasteiger partial charge in [0.25, 0.3) is 5.91 Å². The van der Waals surface area contributed by atoms with Crippen LogP contribution in [0.4, 0.5) is 0 Å². The summed E-state index contributed by atoms with van der Waals surface area (Å²) >= 11 is 5.71. The molecule has 0 N–H and O–H groups in total. The van der Waals surface area contributed by atoms with E-state index in [-0.39, 0.29) is 5.91 Å². The van der Waals surface area contributed by atoms with E-state index in [1.54, 1.807) is 11.9 Å². The minimum Gasteiger partial charge on any atom is -0.337 e. The fourth-order valence-corrected chi connectivity index (χ4v) is 1.33. The van der Waals surface area contributed by atoms with Crippen LogP contribution >= 0.6 is 11.6 Å². The summed E-state index contributed by atoms with van der Waals surface area (Å²) in [4.78, 5) is 12.9. The van der Waals surface area contributed by atoms with Crippen molar-refractivity contribution < 1.29 is 4.79 Å². The molecule has 0 aromatic rings. The first kappa shape index (κ1) is 9.07. The van der Waals surface area contributed by atoms with Crippen LogP contribution in [0.1, 0.15) is 0 Å². The van der Waals surface area contributed by atoms with Crippen molar-refractivity contribution in [2.24, 2.45) is 0 Å². The summed E-state index contributed by atoms with van der Waals surface area (Å²) < 4.78 is 0. The third kappa shape index (κ3) is 1.30. The van der Waals surface area contributed by atoms with Crippen LogP contribution in [-0.4, -0.2) is 24.4 Å². The first-order chi connectivity index (χ1) is 5.57. The quantitative estimate of drug-likeness (QED) is 0.638. The molecule has 0 aliphatic carbocycles. The SMILES string of the molecule is C=CC1=C(C(=C)Cl)CN(C)C1=O. The molecule has 1 aliphatic rings. The van der Waals surface area contributed by atoms with Crippen LogP contribution in [0.2, 0.25) is 0 Å². The van der Waals surface area contributed by atoms with Gasteiger partial charge in [-0.2, -0.15) is 0 Å². The first-order valence-electron chi connectivity index (χ1n) is 3.53. The second-order valence-electron chi connectivity index (χ2n) is 2.66. The van der Waals surface area contributed by atoms with Crippen LogP contribution in [0.5, 0.6) is 0 Å². The molecule has 3 heteroatoms. The van der Waals surface area contributed by atoms with Gasteiger partial charge in [0, 0.05) is 29.8 Å². The number of likely N-dealkylation sites (N-methyl/N-ethyl adjacent to an activating group) is 1. The Morgan fingerprint density at radius 3 is 2.67 bits per heavy atom. The number of carbonyl (C=O) groups is 1. The molecule has 0 fully saturated rings. The summed E-state index contributed by atoms with van der Waals surface area (Å²) in [7, 11) is 1.72. The summed E-state index contributed by atoms with van der Waals surface area (Å²) in [6, 6.07) is 0. The van der Waals surface area contributed by atoms with E-state index in [9.17, 15) is 4.79 Å². The molecule has 2 nitrogen and oxygen atoms in total. The van der Waals surface area contributed by atoms with Crippen molar-refractivity contribution >= 4 is 17.5 Å². The third-order valence-corrected chi connectivity index (χ3v) is 2.06. The van der Waals surface area contributed by atoms with Crippen molar-refractivity contribution in [1.82, 2.24) is 4.90 Å². The van der Waals surface area contributed by atoms with Gasteiger partial charge in [-0.3, -0.25) is 4.79 Å². The molecule has 1 rings (SSSR count). The predicted molar refractivity (Wildman–Crippen MR) is 49.9 cm³/mol.